The maximum absolute atomic E-state index is 12.0. The molecule has 0 aliphatic rings. The summed E-state index contributed by atoms with van der Waals surface area (Å²) in [5, 5.41) is 0. The second kappa shape index (κ2) is 4.75. The molecular weight excluding hydrogens is 214 g/mol. The van der Waals surface area contributed by atoms with Crippen molar-refractivity contribution in [1.29, 1.82) is 0 Å². The standard InChI is InChI=1S/C13H19N3O/c1-4-15(5-2)10(3)16-12-9-7-6-8-11(12)14-13(16)17/h6-10H,4-5H2,1-3H3,(H,14,17). The van der Waals surface area contributed by atoms with E-state index in [2.05, 4.69) is 30.7 Å². The largest absolute Gasteiger partial charge is 0.327 e. The van der Waals surface area contributed by atoms with Gasteiger partial charge in [0.15, 0.2) is 0 Å². The lowest BCUT2D eigenvalue weighted by Gasteiger charge is -2.27. The zero-order valence-corrected chi connectivity index (χ0v) is 10.6. The van der Waals surface area contributed by atoms with Gasteiger partial charge in [-0.3, -0.25) is 9.47 Å². The highest BCUT2D eigenvalue weighted by molar-refractivity contribution is 5.75. The van der Waals surface area contributed by atoms with E-state index in [4.69, 9.17) is 0 Å². The molecule has 0 saturated heterocycles. The van der Waals surface area contributed by atoms with Crippen LogP contribution in [0.25, 0.3) is 11.0 Å². The number of nitrogens with zero attached hydrogens (tertiary/aromatic N) is 2. The van der Waals surface area contributed by atoms with Gasteiger partial charge in [0, 0.05) is 0 Å². The van der Waals surface area contributed by atoms with Crippen molar-refractivity contribution in [3.63, 3.8) is 0 Å². The number of hydrogen-bond acceptors (Lipinski definition) is 2. The van der Waals surface area contributed by atoms with Crippen LogP contribution in [0.3, 0.4) is 0 Å². The van der Waals surface area contributed by atoms with E-state index < -0.39 is 0 Å². The number of imidazole rings is 1. The molecule has 4 heteroatoms. The molecule has 0 radical (unpaired) electrons. The van der Waals surface area contributed by atoms with Crippen molar-refractivity contribution in [1.82, 2.24) is 14.5 Å². The van der Waals surface area contributed by atoms with Crippen LogP contribution in [0.4, 0.5) is 0 Å². The van der Waals surface area contributed by atoms with Crippen LogP contribution in [0.2, 0.25) is 0 Å². The summed E-state index contributed by atoms with van der Waals surface area (Å²) in [4.78, 5) is 17.1. The molecule has 1 unspecified atom stereocenters. The Labute approximate surface area is 101 Å². The number of para-hydroxylation sites is 2. The molecule has 4 nitrogen and oxygen atoms in total. The van der Waals surface area contributed by atoms with Crippen molar-refractivity contribution in [3.8, 4) is 0 Å². The summed E-state index contributed by atoms with van der Waals surface area (Å²) in [6.07, 6.45) is 0.0775. The summed E-state index contributed by atoms with van der Waals surface area (Å²) >= 11 is 0. The third kappa shape index (κ3) is 2.00. The Hall–Kier alpha value is -1.55. The molecule has 0 aliphatic heterocycles. The number of H-pyrrole nitrogens is 1. The number of hydrogen-bond donors (Lipinski definition) is 1. The Morgan fingerprint density at radius 1 is 1.29 bits per heavy atom. The van der Waals surface area contributed by atoms with Gasteiger partial charge < -0.3 is 4.98 Å². The summed E-state index contributed by atoms with van der Waals surface area (Å²) in [7, 11) is 0. The number of benzene rings is 1. The summed E-state index contributed by atoms with van der Waals surface area (Å²) in [5.41, 5.74) is 1.83. The molecule has 1 N–H and O–H groups in total. The fraction of sp³-hybridized carbons (Fsp3) is 0.462. The Morgan fingerprint density at radius 3 is 2.59 bits per heavy atom. The maximum Gasteiger partial charge on any atom is 0.327 e. The molecule has 1 aromatic carbocycles. The third-order valence-electron chi connectivity index (χ3n) is 3.34. The Bertz CT molecular complexity index is 551. The van der Waals surface area contributed by atoms with E-state index in [1.807, 2.05) is 28.8 Å². The Balaban J connectivity index is 2.54. The molecule has 0 aliphatic carbocycles. The van der Waals surface area contributed by atoms with Crippen molar-refractivity contribution in [3.05, 3.63) is 34.7 Å². The van der Waals surface area contributed by atoms with Gasteiger partial charge in [0.2, 0.25) is 0 Å². The number of aromatic amines is 1. The van der Waals surface area contributed by atoms with Gasteiger partial charge in [-0.25, -0.2) is 4.79 Å². The van der Waals surface area contributed by atoms with Crippen molar-refractivity contribution < 1.29 is 0 Å². The zero-order valence-electron chi connectivity index (χ0n) is 10.6. The van der Waals surface area contributed by atoms with Crippen LogP contribution in [0.15, 0.2) is 29.1 Å². The van der Waals surface area contributed by atoms with E-state index in [-0.39, 0.29) is 11.9 Å². The van der Waals surface area contributed by atoms with Gasteiger partial charge in [-0.2, -0.15) is 0 Å². The van der Waals surface area contributed by atoms with Gasteiger partial charge in [0.1, 0.15) is 0 Å². The molecule has 2 rings (SSSR count). The predicted octanol–water partition coefficient (Wildman–Crippen LogP) is 2.19. The van der Waals surface area contributed by atoms with Crippen LogP contribution in [0.1, 0.15) is 26.9 Å². The van der Waals surface area contributed by atoms with Crippen molar-refractivity contribution >= 4 is 11.0 Å². The van der Waals surface area contributed by atoms with Gasteiger partial charge in [-0.15, -0.1) is 0 Å². The first-order valence-corrected chi connectivity index (χ1v) is 6.12. The van der Waals surface area contributed by atoms with Crippen LogP contribution >= 0.6 is 0 Å². The fourth-order valence-corrected chi connectivity index (χ4v) is 2.36. The summed E-state index contributed by atoms with van der Waals surface area (Å²) < 4.78 is 1.82. The second-order valence-corrected chi connectivity index (χ2v) is 4.17. The van der Waals surface area contributed by atoms with Crippen molar-refractivity contribution in [2.45, 2.75) is 26.9 Å². The molecule has 92 valence electrons. The highest BCUT2D eigenvalue weighted by Gasteiger charge is 2.16. The van der Waals surface area contributed by atoms with Crippen molar-refractivity contribution in [2.75, 3.05) is 13.1 Å². The summed E-state index contributed by atoms with van der Waals surface area (Å²) in [6.45, 7) is 8.15. The Kier molecular flexibility index (Phi) is 3.33. The first-order valence-electron chi connectivity index (χ1n) is 6.12. The lowest BCUT2D eigenvalue weighted by molar-refractivity contribution is 0.172. The van der Waals surface area contributed by atoms with Gasteiger partial charge >= 0.3 is 5.69 Å². The lowest BCUT2D eigenvalue weighted by Crippen LogP contribution is -2.35. The molecular formula is C13H19N3O. The highest BCUT2D eigenvalue weighted by Crippen LogP contribution is 2.17. The van der Waals surface area contributed by atoms with E-state index in [0.29, 0.717) is 0 Å². The topological polar surface area (TPSA) is 41.0 Å². The van der Waals surface area contributed by atoms with Crippen LogP contribution in [0, 0.1) is 0 Å². The lowest BCUT2D eigenvalue weighted by atomic mass is 10.3. The second-order valence-electron chi connectivity index (χ2n) is 4.17. The minimum atomic E-state index is -0.0365. The van der Waals surface area contributed by atoms with E-state index in [9.17, 15) is 4.79 Å². The van der Waals surface area contributed by atoms with Crippen LogP contribution < -0.4 is 5.69 Å². The Morgan fingerprint density at radius 2 is 1.94 bits per heavy atom. The van der Waals surface area contributed by atoms with Crippen LogP contribution in [-0.2, 0) is 0 Å². The van der Waals surface area contributed by atoms with E-state index in [1.54, 1.807) is 0 Å². The zero-order chi connectivity index (χ0) is 12.4. The number of aromatic nitrogens is 2. The SMILES string of the molecule is CCN(CC)C(C)n1c(=O)[nH]c2ccccc21. The summed E-state index contributed by atoms with van der Waals surface area (Å²) in [5.74, 6) is 0. The monoisotopic (exact) mass is 233 g/mol. The van der Waals surface area contributed by atoms with Gasteiger partial charge in [-0.1, -0.05) is 26.0 Å². The molecule has 0 bridgehead atoms. The number of fused-ring (bicyclic) bond motifs is 1. The molecule has 2 aromatic rings. The minimum Gasteiger partial charge on any atom is -0.305 e. The molecule has 1 aromatic heterocycles. The highest BCUT2D eigenvalue weighted by atomic mass is 16.1. The molecule has 1 atom stereocenters. The normalized spacial score (nSPS) is 13.4. The van der Waals surface area contributed by atoms with E-state index in [1.165, 1.54) is 0 Å². The maximum atomic E-state index is 12.0. The minimum absolute atomic E-state index is 0.0365. The van der Waals surface area contributed by atoms with E-state index in [0.717, 1.165) is 24.1 Å². The van der Waals surface area contributed by atoms with E-state index >= 15 is 0 Å². The first kappa shape index (κ1) is 11.9. The van der Waals surface area contributed by atoms with Gasteiger partial charge in [0.25, 0.3) is 0 Å². The van der Waals surface area contributed by atoms with Gasteiger partial charge in [-0.05, 0) is 32.1 Å². The smallest absolute Gasteiger partial charge is 0.305 e. The van der Waals surface area contributed by atoms with Crippen LogP contribution in [-0.4, -0.2) is 27.5 Å². The quantitative estimate of drug-likeness (QED) is 0.879. The molecule has 0 saturated carbocycles. The number of rotatable bonds is 4. The molecule has 17 heavy (non-hydrogen) atoms. The molecule has 1 heterocycles. The fourth-order valence-electron chi connectivity index (χ4n) is 2.36. The number of nitrogens with one attached hydrogen (secondary N) is 1. The predicted molar refractivity (Wildman–Crippen MR) is 70.2 cm³/mol. The third-order valence-corrected chi connectivity index (χ3v) is 3.34. The first-order chi connectivity index (χ1) is 8.19. The molecule has 0 spiro atoms. The average Bonchev–Trinajstić information content (AvgIpc) is 2.66. The molecule has 0 amide bonds. The van der Waals surface area contributed by atoms with Crippen LogP contribution in [0.5, 0.6) is 0 Å². The summed E-state index contributed by atoms with van der Waals surface area (Å²) in [6, 6.07) is 7.81. The molecule has 0 fully saturated rings. The van der Waals surface area contributed by atoms with Gasteiger partial charge in [0.05, 0.1) is 17.2 Å². The average molecular weight is 233 g/mol. The van der Waals surface area contributed by atoms with Crippen molar-refractivity contribution in [2.24, 2.45) is 0 Å².